The van der Waals surface area contributed by atoms with E-state index < -0.39 is 0 Å². The van der Waals surface area contributed by atoms with Gasteiger partial charge in [-0.2, -0.15) is 0 Å². The molecule has 25 heavy (non-hydrogen) atoms. The molecule has 2 aromatic rings. The average Bonchev–Trinajstić information content (AvgIpc) is 2.60. The third kappa shape index (κ3) is 4.12. The van der Waals surface area contributed by atoms with Crippen LogP contribution >= 0.6 is 0 Å². The summed E-state index contributed by atoms with van der Waals surface area (Å²) in [4.78, 5) is 12.6. The van der Waals surface area contributed by atoms with Crippen molar-refractivity contribution in [3.63, 3.8) is 0 Å². The Balaban J connectivity index is 1.70. The topological polar surface area (TPSA) is 29.1 Å². The lowest BCUT2D eigenvalue weighted by Crippen LogP contribution is -2.27. The van der Waals surface area contributed by atoms with E-state index in [9.17, 15) is 4.79 Å². The molecule has 0 fully saturated rings. The van der Waals surface area contributed by atoms with Gasteiger partial charge in [0.15, 0.2) is 0 Å². The van der Waals surface area contributed by atoms with Gasteiger partial charge in [-0.1, -0.05) is 51.1 Å². The van der Waals surface area contributed by atoms with Gasteiger partial charge in [0.05, 0.1) is 6.04 Å². The second kappa shape index (κ2) is 7.03. The van der Waals surface area contributed by atoms with Crippen molar-refractivity contribution in [2.24, 2.45) is 0 Å². The highest BCUT2D eigenvalue weighted by Gasteiger charge is 2.17. The third-order valence-corrected chi connectivity index (χ3v) is 5.23. The Hall–Kier alpha value is -2.09. The van der Waals surface area contributed by atoms with E-state index in [-0.39, 0.29) is 17.4 Å². The van der Waals surface area contributed by atoms with Crippen molar-refractivity contribution in [2.45, 2.75) is 64.8 Å². The Labute approximate surface area is 151 Å². The van der Waals surface area contributed by atoms with Crippen molar-refractivity contribution in [1.29, 1.82) is 0 Å². The van der Waals surface area contributed by atoms with E-state index >= 15 is 0 Å². The molecule has 2 heteroatoms. The van der Waals surface area contributed by atoms with Crippen molar-refractivity contribution in [1.82, 2.24) is 5.32 Å². The zero-order valence-corrected chi connectivity index (χ0v) is 15.9. The Bertz CT molecular complexity index is 753. The molecule has 0 bridgehead atoms. The lowest BCUT2D eigenvalue weighted by atomic mass is 9.86. The average molecular weight is 335 g/mol. The maximum Gasteiger partial charge on any atom is 0.251 e. The molecule has 1 N–H and O–H groups in total. The van der Waals surface area contributed by atoms with E-state index in [0.717, 1.165) is 24.0 Å². The highest BCUT2D eigenvalue weighted by molar-refractivity contribution is 5.94. The van der Waals surface area contributed by atoms with E-state index in [2.05, 4.69) is 62.5 Å². The maximum absolute atomic E-state index is 12.6. The molecule has 0 aliphatic heterocycles. The van der Waals surface area contributed by atoms with E-state index in [0.29, 0.717) is 0 Å². The molecular formula is C23H29NO. The Morgan fingerprint density at radius 2 is 1.60 bits per heavy atom. The molecule has 1 amide bonds. The summed E-state index contributed by atoms with van der Waals surface area (Å²) in [6.07, 6.45) is 4.74. The minimum absolute atomic E-state index is 0.00227. The van der Waals surface area contributed by atoms with Crippen LogP contribution in [0, 0.1) is 0 Å². The summed E-state index contributed by atoms with van der Waals surface area (Å²) in [5.41, 5.74) is 6.13. The standard InChI is InChI=1S/C23H29NO/c1-16(17-11-13-21(14-12-17)23(2,3)4)24-22(25)20-10-9-18-7-5-6-8-19(18)15-20/h9-16H,5-8H2,1-4H3,(H,24,25). The van der Waals surface area contributed by atoms with Gasteiger partial charge in [-0.25, -0.2) is 0 Å². The first kappa shape index (κ1) is 17.7. The number of nitrogens with one attached hydrogen (secondary N) is 1. The lowest BCUT2D eigenvalue weighted by molar-refractivity contribution is 0.0939. The van der Waals surface area contributed by atoms with Crippen LogP contribution in [0.3, 0.4) is 0 Å². The van der Waals surface area contributed by atoms with Gasteiger partial charge < -0.3 is 5.32 Å². The fourth-order valence-electron chi connectivity index (χ4n) is 3.51. The predicted octanol–water partition coefficient (Wildman–Crippen LogP) is 5.35. The molecule has 0 radical (unpaired) electrons. The molecule has 2 aromatic carbocycles. The number of fused-ring (bicyclic) bond motifs is 1. The van der Waals surface area contributed by atoms with Crippen LogP contribution in [0.4, 0.5) is 0 Å². The molecule has 2 nitrogen and oxygen atoms in total. The van der Waals surface area contributed by atoms with E-state index in [1.165, 1.54) is 29.5 Å². The van der Waals surface area contributed by atoms with Gasteiger partial charge in [0, 0.05) is 5.56 Å². The molecule has 132 valence electrons. The van der Waals surface area contributed by atoms with Crippen molar-refractivity contribution in [2.75, 3.05) is 0 Å². The van der Waals surface area contributed by atoms with Crippen LogP contribution in [0.15, 0.2) is 42.5 Å². The van der Waals surface area contributed by atoms with Gasteiger partial charge in [-0.15, -0.1) is 0 Å². The van der Waals surface area contributed by atoms with Crippen molar-refractivity contribution in [3.8, 4) is 0 Å². The number of rotatable bonds is 3. The number of carbonyl (C=O) groups excluding carboxylic acids is 1. The fourth-order valence-corrected chi connectivity index (χ4v) is 3.51. The van der Waals surface area contributed by atoms with Crippen LogP contribution in [0.1, 0.15) is 79.2 Å². The highest BCUT2D eigenvalue weighted by Crippen LogP contribution is 2.25. The van der Waals surface area contributed by atoms with Crippen LogP contribution in [0.5, 0.6) is 0 Å². The Morgan fingerprint density at radius 1 is 0.960 bits per heavy atom. The highest BCUT2D eigenvalue weighted by atomic mass is 16.1. The summed E-state index contributed by atoms with van der Waals surface area (Å²) in [6.45, 7) is 8.68. The van der Waals surface area contributed by atoms with E-state index in [1.807, 2.05) is 13.0 Å². The number of hydrogen-bond donors (Lipinski definition) is 1. The molecule has 0 saturated heterocycles. The smallest absolute Gasteiger partial charge is 0.251 e. The van der Waals surface area contributed by atoms with E-state index in [4.69, 9.17) is 0 Å². The van der Waals surface area contributed by atoms with Gasteiger partial charge in [-0.05, 0) is 72.4 Å². The van der Waals surface area contributed by atoms with Crippen LogP contribution < -0.4 is 5.32 Å². The molecule has 1 unspecified atom stereocenters. The summed E-state index contributed by atoms with van der Waals surface area (Å²) in [5, 5.41) is 3.14. The quantitative estimate of drug-likeness (QED) is 0.804. The number of hydrogen-bond acceptors (Lipinski definition) is 1. The molecule has 1 atom stereocenters. The van der Waals surface area contributed by atoms with Gasteiger partial charge in [-0.3, -0.25) is 4.79 Å². The first-order chi connectivity index (χ1) is 11.8. The fraction of sp³-hybridized carbons (Fsp3) is 0.435. The van der Waals surface area contributed by atoms with Crippen LogP contribution in [0.25, 0.3) is 0 Å². The lowest BCUT2D eigenvalue weighted by Gasteiger charge is -2.21. The molecule has 0 heterocycles. The van der Waals surface area contributed by atoms with Crippen molar-refractivity contribution < 1.29 is 4.79 Å². The normalized spacial score (nSPS) is 15.4. The largest absolute Gasteiger partial charge is 0.346 e. The zero-order valence-electron chi connectivity index (χ0n) is 15.9. The molecule has 0 aromatic heterocycles. The van der Waals surface area contributed by atoms with Gasteiger partial charge >= 0.3 is 0 Å². The summed E-state index contributed by atoms with van der Waals surface area (Å²) < 4.78 is 0. The SMILES string of the molecule is CC(NC(=O)c1ccc2c(c1)CCCC2)c1ccc(C(C)(C)C)cc1. The number of carbonyl (C=O) groups is 1. The zero-order chi connectivity index (χ0) is 18.0. The van der Waals surface area contributed by atoms with Crippen LogP contribution in [-0.2, 0) is 18.3 Å². The summed E-state index contributed by atoms with van der Waals surface area (Å²) >= 11 is 0. The number of benzene rings is 2. The van der Waals surface area contributed by atoms with Gasteiger partial charge in [0.25, 0.3) is 5.91 Å². The minimum Gasteiger partial charge on any atom is -0.346 e. The van der Waals surface area contributed by atoms with E-state index in [1.54, 1.807) is 0 Å². The first-order valence-electron chi connectivity index (χ1n) is 9.38. The van der Waals surface area contributed by atoms with Crippen LogP contribution in [-0.4, -0.2) is 5.91 Å². The first-order valence-corrected chi connectivity index (χ1v) is 9.38. The van der Waals surface area contributed by atoms with Gasteiger partial charge in [0.2, 0.25) is 0 Å². The molecule has 1 aliphatic carbocycles. The van der Waals surface area contributed by atoms with Gasteiger partial charge in [0.1, 0.15) is 0 Å². The van der Waals surface area contributed by atoms with Crippen molar-refractivity contribution >= 4 is 5.91 Å². The third-order valence-electron chi connectivity index (χ3n) is 5.23. The Kier molecular flexibility index (Phi) is 4.99. The molecular weight excluding hydrogens is 306 g/mol. The molecule has 0 spiro atoms. The summed E-state index contributed by atoms with van der Waals surface area (Å²) in [5.74, 6) is 0.0146. The number of amides is 1. The summed E-state index contributed by atoms with van der Waals surface area (Å²) in [7, 11) is 0. The predicted molar refractivity (Wildman–Crippen MR) is 104 cm³/mol. The molecule has 0 saturated carbocycles. The van der Waals surface area contributed by atoms with Crippen molar-refractivity contribution in [3.05, 3.63) is 70.3 Å². The van der Waals surface area contributed by atoms with Crippen LogP contribution in [0.2, 0.25) is 0 Å². The maximum atomic E-state index is 12.6. The molecule has 1 aliphatic rings. The molecule has 3 rings (SSSR count). The second-order valence-corrected chi connectivity index (χ2v) is 8.26. The monoisotopic (exact) mass is 335 g/mol. The summed E-state index contributed by atoms with van der Waals surface area (Å²) in [6, 6.07) is 14.8. The number of aryl methyl sites for hydroxylation is 2. The Morgan fingerprint density at radius 3 is 2.24 bits per heavy atom. The second-order valence-electron chi connectivity index (χ2n) is 8.26. The minimum atomic E-state index is -0.00227.